The topological polar surface area (TPSA) is 64.0 Å². The van der Waals surface area contributed by atoms with Crippen LogP contribution in [0.3, 0.4) is 0 Å². The molecular formula is C20H18ClN3O2S. The lowest BCUT2D eigenvalue weighted by Crippen LogP contribution is -2.30. The van der Waals surface area contributed by atoms with Gasteiger partial charge in [-0.05, 0) is 31.4 Å². The monoisotopic (exact) mass is 399 g/mol. The summed E-state index contributed by atoms with van der Waals surface area (Å²) in [4.78, 5) is 30.7. The second-order valence-electron chi connectivity index (χ2n) is 5.87. The molecule has 1 amide bonds. The van der Waals surface area contributed by atoms with Crippen LogP contribution in [0.1, 0.15) is 5.69 Å². The number of thioether (sulfide) groups is 1. The Kier molecular flexibility index (Phi) is 5.98. The number of halogens is 1. The normalized spacial score (nSPS) is 10.6. The molecule has 0 radical (unpaired) electrons. The van der Waals surface area contributed by atoms with Crippen molar-refractivity contribution in [3.05, 3.63) is 75.7 Å². The zero-order chi connectivity index (χ0) is 19.4. The summed E-state index contributed by atoms with van der Waals surface area (Å²) in [5.41, 5.74) is 1.42. The van der Waals surface area contributed by atoms with Gasteiger partial charge in [-0.25, -0.2) is 4.98 Å². The maximum atomic E-state index is 12.7. The molecule has 0 aliphatic rings. The van der Waals surface area contributed by atoms with Crippen molar-refractivity contribution in [3.63, 3.8) is 0 Å². The van der Waals surface area contributed by atoms with Crippen LogP contribution in [0.25, 0.3) is 11.4 Å². The molecule has 0 bridgehead atoms. The molecule has 0 saturated heterocycles. The number of carbonyl (C=O) groups excluding carboxylic acids is 1. The molecule has 2 aromatic carbocycles. The number of anilines is 1. The molecule has 0 atom stereocenters. The van der Waals surface area contributed by atoms with Gasteiger partial charge in [-0.1, -0.05) is 48.0 Å². The number of aryl methyl sites for hydroxylation is 1. The third-order valence-corrected chi connectivity index (χ3v) is 5.13. The number of carbonyl (C=O) groups is 1. The summed E-state index contributed by atoms with van der Waals surface area (Å²) in [7, 11) is 0. The average Bonchev–Trinajstić information content (AvgIpc) is 2.69. The van der Waals surface area contributed by atoms with E-state index < -0.39 is 5.56 Å². The van der Waals surface area contributed by atoms with Crippen LogP contribution in [-0.2, 0) is 11.3 Å². The van der Waals surface area contributed by atoms with Gasteiger partial charge in [-0.3, -0.25) is 14.2 Å². The van der Waals surface area contributed by atoms with Gasteiger partial charge in [-0.15, -0.1) is 11.8 Å². The Morgan fingerprint density at radius 3 is 2.63 bits per heavy atom. The van der Waals surface area contributed by atoms with Crippen LogP contribution in [0.5, 0.6) is 0 Å². The summed E-state index contributed by atoms with van der Waals surface area (Å²) in [5, 5.41) is 2.84. The van der Waals surface area contributed by atoms with E-state index in [4.69, 9.17) is 11.6 Å². The molecule has 27 heavy (non-hydrogen) atoms. The minimum atomic E-state index is -0.434. The minimum Gasteiger partial charge on any atom is -0.324 e. The molecule has 0 spiro atoms. The van der Waals surface area contributed by atoms with E-state index in [9.17, 15) is 9.59 Å². The van der Waals surface area contributed by atoms with Gasteiger partial charge in [0.1, 0.15) is 17.4 Å². The summed E-state index contributed by atoms with van der Waals surface area (Å²) in [6, 6.07) is 16.8. The molecule has 3 aromatic rings. The van der Waals surface area contributed by atoms with Crippen molar-refractivity contribution in [1.82, 2.24) is 9.55 Å². The summed E-state index contributed by atoms with van der Waals surface area (Å²) < 4.78 is 1.30. The van der Waals surface area contributed by atoms with Crippen molar-refractivity contribution < 1.29 is 4.79 Å². The van der Waals surface area contributed by atoms with Crippen LogP contribution in [0, 0.1) is 6.92 Å². The Morgan fingerprint density at radius 2 is 1.93 bits per heavy atom. The molecule has 0 aliphatic heterocycles. The number of rotatable bonds is 5. The number of nitrogens with one attached hydrogen (secondary N) is 1. The number of hydrogen-bond donors (Lipinski definition) is 1. The SMILES string of the molecule is CSc1cccc(NC(=O)Cn2c(-c3ccccc3)nc(C)c(Cl)c2=O)c1. The molecule has 0 unspecified atom stereocenters. The second kappa shape index (κ2) is 8.41. The highest BCUT2D eigenvalue weighted by molar-refractivity contribution is 7.98. The molecule has 0 aliphatic carbocycles. The number of aromatic nitrogens is 2. The quantitative estimate of drug-likeness (QED) is 0.652. The lowest BCUT2D eigenvalue weighted by molar-refractivity contribution is -0.116. The third-order valence-electron chi connectivity index (χ3n) is 3.97. The van der Waals surface area contributed by atoms with Gasteiger partial charge in [-0.2, -0.15) is 0 Å². The lowest BCUT2D eigenvalue weighted by atomic mass is 10.2. The van der Waals surface area contributed by atoms with Crippen molar-refractivity contribution in [3.8, 4) is 11.4 Å². The first-order valence-electron chi connectivity index (χ1n) is 8.26. The lowest BCUT2D eigenvalue weighted by Gasteiger charge is -2.14. The van der Waals surface area contributed by atoms with Gasteiger partial charge in [0, 0.05) is 16.1 Å². The molecule has 1 N–H and O–H groups in total. The van der Waals surface area contributed by atoms with Crippen LogP contribution < -0.4 is 10.9 Å². The van der Waals surface area contributed by atoms with Gasteiger partial charge in [0.25, 0.3) is 5.56 Å². The standard InChI is InChI=1S/C20H18ClN3O2S/c1-13-18(21)20(26)24(19(22-13)14-7-4-3-5-8-14)12-17(25)23-15-9-6-10-16(11-15)27-2/h3-11H,12H2,1-2H3,(H,23,25). The van der Waals surface area contributed by atoms with Crippen molar-refractivity contribution in [2.24, 2.45) is 0 Å². The second-order valence-corrected chi connectivity index (χ2v) is 7.13. The van der Waals surface area contributed by atoms with Crippen LogP contribution in [0.15, 0.2) is 64.3 Å². The summed E-state index contributed by atoms with van der Waals surface area (Å²) in [6.45, 7) is 1.49. The maximum absolute atomic E-state index is 12.7. The van der Waals surface area contributed by atoms with Gasteiger partial charge >= 0.3 is 0 Å². The molecule has 3 rings (SSSR count). The summed E-state index contributed by atoms with van der Waals surface area (Å²) in [5.74, 6) is 0.0877. The number of hydrogen-bond acceptors (Lipinski definition) is 4. The Hall–Kier alpha value is -2.57. The van der Waals surface area contributed by atoms with E-state index in [0.29, 0.717) is 17.2 Å². The Balaban J connectivity index is 1.95. The van der Waals surface area contributed by atoms with Gasteiger partial charge in [0.15, 0.2) is 0 Å². The van der Waals surface area contributed by atoms with E-state index in [1.54, 1.807) is 24.8 Å². The number of nitrogens with zero attached hydrogens (tertiary/aromatic N) is 2. The summed E-state index contributed by atoms with van der Waals surface area (Å²) in [6.07, 6.45) is 1.96. The predicted octanol–water partition coefficient (Wildman–Crippen LogP) is 4.23. The Morgan fingerprint density at radius 1 is 1.19 bits per heavy atom. The predicted molar refractivity (Wildman–Crippen MR) is 111 cm³/mol. The molecule has 7 heteroatoms. The van der Waals surface area contributed by atoms with E-state index in [1.165, 1.54) is 4.57 Å². The smallest absolute Gasteiger partial charge is 0.273 e. The fourth-order valence-electron chi connectivity index (χ4n) is 2.64. The van der Waals surface area contributed by atoms with E-state index in [2.05, 4.69) is 10.3 Å². The first-order chi connectivity index (χ1) is 13.0. The molecule has 5 nitrogen and oxygen atoms in total. The number of benzene rings is 2. The number of amides is 1. The van der Waals surface area contributed by atoms with Crippen LogP contribution in [-0.4, -0.2) is 21.7 Å². The van der Waals surface area contributed by atoms with E-state index >= 15 is 0 Å². The Labute approximate surface area is 166 Å². The summed E-state index contributed by atoms with van der Waals surface area (Å²) >= 11 is 7.68. The van der Waals surface area contributed by atoms with Crippen molar-refractivity contribution in [2.75, 3.05) is 11.6 Å². The van der Waals surface area contributed by atoms with E-state index in [0.717, 1.165) is 10.5 Å². The molecule has 0 fully saturated rings. The molecule has 1 heterocycles. The average molecular weight is 400 g/mol. The zero-order valence-corrected chi connectivity index (χ0v) is 16.5. The highest BCUT2D eigenvalue weighted by atomic mass is 35.5. The van der Waals surface area contributed by atoms with E-state index in [-0.39, 0.29) is 17.5 Å². The van der Waals surface area contributed by atoms with Crippen LogP contribution in [0.2, 0.25) is 5.02 Å². The minimum absolute atomic E-state index is 0.0202. The molecule has 138 valence electrons. The van der Waals surface area contributed by atoms with Gasteiger partial charge in [0.05, 0.1) is 5.69 Å². The van der Waals surface area contributed by atoms with Crippen molar-refractivity contribution in [2.45, 2.75) is 18.4 Å². The third kappa shape index (κ3) is 4.40. The van der Waals surface area contributed by atoms with Crippen LogP contribution >= 0.6 is 23.4 Å². The first-order valence-corrected chi connectivity index (χ1v) is 9.86. The van der Waals surface area contributed by atoms with Crippen molar-refractivity contribution >= 4 is 35.0 Å². The highest BCUT2D eigenvalue weighted by Crippen LogP contribution is 2.20. The fraction of sp³-hybridized carbons (Fsp3) is 0.150. The van der Waals surface area contributed by atoms with Crippen molar-refractivity contribution in [1.29, 1.82) is 0 Å². The van der Waals surface area contributed by atoms with Crippen LogP contribution in [0.4, 0.5) is 5.69 Å². The fourth-order valence-corrected chi connectivity index (χ4v) is 3.24. The molecule has 1 aromatic heterocycles. The van der Waals surface area contributed by atoms with Gasteiger partial charge < -0.3 is 5.32 Å². The van der Waals surface area contributed by atoms with E-state index in [1.807, 2.05) is 54.8 Å². The zero-order valence-electron chi connectivity index (χ0n) is 14.9. The molecular weight excluding hydrogens is 382 g/mol. The molecule has 0 saturated carbocycles. The highest BCUT2D eigenvalue weighted by Gasteiger charge is 2.16. The maximum Gasteiger partial charge on any atom is 0.273 e. The van der Waals surface area contributed by atoms with Gasteiger partial charge in [0.2, 0.25) is 5.91 Å². The largest absolute Gasteiger partial charge is 0.324 e. The Bertz CT molecular complexity index is 1040. The first kappa shape index (κ1) is 19.2.